The third kappa shape index (κ3) is 4.48. The van der Waals surface area contributed by atoms with Crippen molar-refractivity contribution in [3.63, 3.8) is 0 Å². The van der Waals surface area contributed by atoms with Crippen LogP contribution in [-0.2, 0) is 11.8 Å². The molecule has 0 aliphatic carbocycles. The van der Waals surface area contributed by atoms with E-state index in [1.165, 1.54) is 23.9 Å². The van der Waals surface area contributed by atoms with Crippen LogP contribution in [0.5, 0.6) is 0 Å². The first-order chi connectivity index (χ1) is 12.8. The Kier molecular flexibility index (Phi) is 5.82. The molecule has 0 aliphatic rings. The molecule has 0 saturated carbocycles. The Morgan fingerprint density at radius 3 is 2.59 bits per heavy atom. The molecule has 3 aromatic rings. The first-order valence-corrected chi connectivity index (χ1v) is 9.56. The highest BCUT2D eigenvalue weighted by Crippen LogP contribution is 2.28. The number of aryl methyl sites for hydroxylation is 2. The maximum atomic E-state index is 13.1. The molecule has 3 rings (SSSR count). The lowest BCUT2D eigenvalue weighted by Crippen LogP contribution is -2.15. The molecule has 27 heavy (non-hydrogen) atoms. The molecule has 140 valence electrons. The van der Waals surface area contributed by atoms with Crippen molar-refractivity contribution >= 4 is 35.0 Å². The lowest BCUT2D eigenvalue weighted by molar-refractivity contribution is -0.113. The monoisotopic (exact) mass is 404 g/mol. The predicted molar refractivity (Wildman–Crippen MR) is 107 cm³/mol. The standard InChI is InChI=1S/C19H18ClFN4OS/c1-11-8-12(2)17(15(20)9-11)22-16(26)10-27-19-24-23-18(25(19)3)13-4-6-14(21)7-5-13/h4-9H,10H2,1-3H3,(H,22,26). The van der Waals surface area contributed by atoms with Gasteiger partial charge in [0.2, 0.25) is 5.91 Å². The minimum Gasteiger partial charge on any atom is -0.324 e. The number of amides is 1. The fraction of sp³-hybridized carbons (Fsp3) is 0.211. The molecular formula is C19H18ClFN4OS. The molecule has 0 fully saturated rings. The summed E-state index contributed by atoms with van der Waals surface area (Å²) in [6.45, 7) is 3.85. The molecule has 1 heterocycles. The zero-order valence-electron chi connectivity index (χ0n) is 15.1. The summed E-state index contributed by atoms with van der Waals surface area (Å²) in [5.41, 5.74) is 3.33. The van der Waals surface area contributed by atoms with Gasteiger partial charge in [-0.05, 0) is 55.3 Å². The number of halogens is 2. The normalized spacial score (nSPS) is 10.9. The second-order valence-corrected chi connectivity index (χ2v) is 7.50. The van der Waals surface area contributed by atoms with Gasteiger partial charge >= 0.3 is 0 Å². The fourth-order valence-corrected chi connectivity index (χ4v) is 3.75. The summed E-state index contributed by atoms with van der Waals surface area (Å²) >= 11 is 7.50. The molecule has 2 aromatic carbocycles. The van der Waals surface area contributed by atoms with Crippen LogP contribution in [0.4, 0.5) is 10.1 Å². The van der Waals surface area contributed by atoms with Gasteiger partial charge in [-0.2, -0.15) is 0 Å². The number of hydrogen-bond donors (Lipinski definition) is 1. The van der Waals surface area contributed by atoms with Crippen molar-refractivity contribution in [3.8, 4) is 11.4 Å². The van der Waals surface area contributed by atoms with Crippen LogP contribution in [0, 0.1) is 19.7 Å². The van der Waals surface area contributed by atoms with E-state index in [4.69, 9.17) is 11.6 Å². The lowest BCUT2D eigenvalue weighted by atomic mass is 10.1. The molecule has 0 bridgehead atoms. The Morgan fingerprint density at radius 2 is 1.93 bits per heavy atom. The van der Waals surface area contributed by atoms with Gasteiger partial charge in [0.1, 0.15) is 5.82 Å². The van der Waals surface area contributed by atoms with Crippen molar-refractivity contribution in [2.45, 2.75) is 19.0 Å². The summed E-state index contributed by atoms with van der Waals surface area (Å²) in [5, 5.41) is 12.2. The van der Waals surface area contributed by atoms with Crippen LogP contribution in [0.3, 0.4) is 0 Å². The molecule has 1 aromatic heterocycles. The number of carbonyl (C=O) groups excluding carboxylic acids is 1. The number of thioether (sulfide) groups is 1. The molecule has 5 nitrogen and oxygen atoms in total. The molecule has 0 saturated heterocycles. The van der Waals surface area contributed by atoms with E-state index in [1.54, 1.807) is 23.7 Å². The quantitative estimate of drug-likeness (QED) is 0.630. The van der Waals surface area contributed by atoms with E-state index in [-0.39, 0.29) is 17.5 Å². The molecule has 0 radical (unpaired) electrons. The summed E-state index contributed by atoms with van der Waals surface area (Å²) < 4.78 is 14.8. The van der Waals surface area contributed by atoms with Gasteiger partial charge in [0.05, 0.1) is 16.5 Å². The van der Waals surface area contributed by atoms with Crippen LogP contribution >= 0.6 is 23.4 Å². The third-order valence-corrected chi connectivity index (χ3v) is 5.28. The Morgan fingerprint density at radius 1 is 1.22 bits per heavy atom. The molecule has 0 unspecified atom stereocenters. The number of nitrogens with zero attached hydrogens (tertiary/aromatic N) is 3. The number of rotatable bonds is 5. The number of aromatic nitrogens is 3. The summed E-state index contributed by atoms with van der Waals surface area (Å²) in [6, 6.07) is 9.81. The highest BCUT2D eigenvalue weighted by molar-refractivity contribution is 7.99. The molecule has 0 atom stereocenters. The SMILES string of the molecule is Cc1cc(C)c(NC(=O)CSc2nnc(-c3ccc(F)cc3)n2C)c(Cl)c1. The van der Waals surface area contributed by atoms with Crippen molar-refractivity contribution in [1.82, 2.24) is 14.8 Å². The number of anilines is 1. The number of carbonyl (C=O) groups is 1. The minimum absolute atomic E-state index is 0.166. The third-order valence-electron chi connectivity index (χ3n) is 3.97. The maximum absolute atomic E-state index is 13.1. The Labute approximate surface area is 166 Å². The van der Waals surface area contributed by atoms with E-state index in [1.807, 2.05) is 26.0 Å². The van der Waals surface area contributed by atoms with Crippen molar-refractivity contribution in [2.24, 2.45) is 7.05 Å². The largest absolute Gasteiger partial charge is 0.324 e. The second kappa shape index (κ2) is 8.10. The lowest BCUT2D eigenvalue weighted by Gasteiger charge is -2.11. The van der Waals surface area contributed by atoms with Gasteiger partial charge in [-0.25, -0.2) is 4.39 Å². The minimum atomic E-state index is -0.308. The molecular weight excluding hydrogens is 387 g/mol. The van der Waals surface area contributed by atoms with Crippen LogP contribution in [-0.4, -0.2) is 26.4 Å². The Bertz CT molecular complexity index is 965. The first kappa shape index (κ1) is 19.4. The van der Waals surface area contributed by atoms with Crippen LogP contribution in [0.25, 0.3) is 11.4 Å². The van der Waals surface area contributed by atoms with Gasteiger partial charge in [0.15, 0.2) is 11.0 Å². The summed E-state index contributed by atoms with van der Waals surface area (Å²) in [5.74, 6) is 0.284. The van der Waals surface area contributed by atoms with Crippen LogP contribution in [0.2, 0.25) is 5.02 Å². The second-order valence-electron chi connectivity index (χ2n) is 6.15. The number of benzene rings is 2. The van der Waals surface area contributed by atoms with Crippen molar-refractivity contribution < 1.29 is 9.18 Å². The smallest absolute Gasteiger partial charge is 0.234 e. The zero-order valence-corrected chi connectivity index (χ0v) is 16.7. The van der Waals surface area contributed by atoms with E-state index in [0.29, 0.717) is 21.7 Å². The average Bonchev–Trinajstić information content (AvgIpc) is 2.98. The Balaban J connectivity index is 1.67. The fourth-order valence-electron chi connectivity index (χ4n) is 2.67. The van der Waals surface area contributed by atoms with E-state index in [9.17, 15) is 9.18 Å². The van der Waals surface area contributed by atoms with Gasteiger partial charge in [0.25, 0.3) is 0 Å². The molecule has 8 heteroatoms. The molecule has 0 spiro atoms. The number of hydrogen-bond acceptors (Lipinski definition) is 4. The van der Waals surface area contributed by atoms with Crippen LogP contribution < -0.4 is 5.32 Å². The van der Waals surface area contributed by atoms with Gasteiger partial charge in [0, 0.05) is 12.6 Å². The topological polar surface area (TPSA) is 59.8 Å². The molecule has 1 amide bonds. The van der Waals surface area contributed by atoms with Crippen LogP contribution in [0.1, 0.15) is 11.1 Å². The van der Waals surface area contributed by atoms with E-state index in [0.717, 1.165) is 16.7 Å². The van der Waals surface area contributed by atoms with Gasteiger partial charge in [-0.1, -0.05) is 29.4 Å². The van der Waals surface area contributed by atoms with E-state index < -0.39 is 0 Å². The number of nitrogens with one attached hydrogen (secondary N) is 1. The maximum Gasteiger partial charge on any atom is 0.234 e. The molecule has 1 N–H and O–H groups in total. The zero-order chi connectivity index (χ0) is 19.6. The molecule has 0 aliphatic heterocycles. The van der Waals surface area contributed by atoms with Crippen molar-refractivity contribution in [2.75, 3.05) is 11.1 Å². The first-order valence-electron chi connectivity index (χ1n) is 8.20. The van der Waals surface area contributed by atoms with Gasteiger partial charge in [-0.15, -0.1) is 10.2 Å². The van der Waals surface area contributed by atoms with Crippen molar-refractivity contribution in [1.29, 1.82) is 0 Å². The van der Waals surface area contributed by atoms with Crippen LogP contribution in [0.15, 0.2) is 41.6 Å². The highest BCUT2D eigenvalue weighted by Gasteiger charge is 2.14. The summed E-state index contributed by atoms with van der Waals surface area (Å²) in [7, 11) is 1.81. The summed E-state index contributed by atoms with van der Waals surface area (Å²) in [4.78, 5) is 12.3. The van der Waals surface area contributed by atoms with E-state index in [2.05, 4.69) is 15.5 Å². The predicted octanol–water partition coefficient (Wildman–Crippen LogP) is 4.62. The highest BCUT2D eigenvalue weighted by atomic mass is 35.5. The van der Waals surface area contributed by atoms with Gasteiger partial charge < -0.3 is 9.88 Å². The van der Waals surface area contributed by atoms with Gasteiger partial charge in [-0.3, -0.25) is 4.79 Å². The Hall–Kier alpha value is -2.38. The van der Waals surface area contributed by atoms with E-state index >= 15 is 0 Å². The summed E-state index contributed by atoms with van der Waals surface area (Å²) in [6.07, 6.45) is 0. The average molecular weight is 405 g/mol. The van der Waals surface area contributed by atoms with Crippen molar-refractivity contribution in [3.05, 3.63) is 58.4 Å².